The van der Waals surface area contributed by atoms with Crippen LogP contribution in [-0.4, -0.2) is 18.0 Å². The van der Waals surface area contributed by atoms with Gasteiger partial charge in [-0.25, -0.2) is 4.98 Å². The lowest BCUT2D eigenvalue weighted by atomic mass is 10.2. The van der Waals surface area contributed by atoms with Gasteiger partial charge < -0.3 is 5.73 Å². The van der Waals surface area contributed by atoms with Gasteiger partial charge in [-0.3, -0.25) is 4.98 Å². The Morgan fingerprint density at radius 3 is 2.76 bits per heavy atom. The highest BCUT2D eigenvalue weighted by Crippen LogP contribution is 2.16. The molecule has 2 aromatic rings. The molecular weight excluding hydrogens is 226 g/mol. The lowest BCUT2D eigenvalue weighted by molar-refractivity contribution is 1.28. The first-order chi connectivity index (χ1) is 7.96. The van der Waals surface area contributed by atoms with E-state index in [0.717, 1.165) is 10.9 Å². The first kappa shape index (κ1) is 11.6. The van der Waals surface area contributed by atoms with Gasteiger partial charge in [-0.2, -0.15) is 0 Å². The Kier molecular flexibility index (Phi) is 2.86. The predicted molar refractivity (Wildman–Crippen MR) is 74.2 cm³/mol. The number of aromatic nitrogens is 2. The van der Waals surface area contributed by atoms with Crippen LogP contribution < -0.4 is 5.73 Å². The van der Waals surface area contributed by atoms with E-state index in [1.807, 2.05) is 18.2 Å². The summed E-state index contributed by atoms with van der Waals surface area (Å²) in [5.41, 5.74) is 10.6. The Labute approximate surface area is 102 Å². The Morgan fingerprint density at radius 2 is 2.06 bits per heavy atom. The summed E-state index contributed by atoms with van der Waals surface area (Å²) in [5, 5.41) is 0.986. The van der Waals surface area contributed by atoms with E-state index in [1.54, 1.807) is 6.20 Å². The monoisotopic (exact) mass is 241 g/mol. The number of nitrogens with two attached hydrogens (primary N) is 1. The molecule has 0 aliphatic rings. The Balaban J connectivity index is 2.63. The van der Waals surface area contributed by atoms with Crippen molar-refractivity contribution in [2.45, 2.75) is 19.6 Å². The number of nitrogen functional groups attached to an aromatic ring is 1. The summed E-state index contributed by atoms with van der Waals surface area (Å²) in [5.74, 6) is 3.62. The molecule has 3 nitrogen and oxygen atoms in total. The van der Waals surface area contributed by atoms with Crippen LogP contribution in [0.3, 0.4) is 0 Å². The van der Waals surface area contributed by atoms with Crippen LogP contribution in [0.4, 0.5) is 5.82 Å². The fourth-order valence-corrected chi connectivity index (χ4v) is 1.93. The lowest BCUT2D eigenvalue weighted by Gasteiger charge is -2.04. The van der Waals surface area contributed by atoms with Gasteiger partial charge in [0.2, 0.25) is 0 Å². The fourth-order valence-electron chi connectivity index (χ4n) is 1.44. The molecule has 0 aromatic carbocycles. The number of anilines is 1. The fraction of sp³-hybridized carbons (Fsp3) is 0.231. The minimum absolute atomic E-state index is 0.491. The smallest absolute Gasteiger partial charge is 0.141 e. The van der Waals surface area contributed by atoms with Gasteiger partial charge in [0.15, 0.2) is 0 Å². The van der Waals surface area contributed by atoms with Gasteiger partial charge in [-0.1, -0.05) is 31.6 Å². The van der Waals surface area contributed by atoms with Crippen molar-refractivity contribution in [2.75, 3.05) is 5.73 Å². The Morgan fingerprint density at radius 1 is 1.29 bits per heavy atom. The van der Waals surface area contributed by atoms with Gasteiger partial charge in [0.25, 0.3) is 0 Å². The first-order valence-electron chi connectivity index (χ1n) is 5.50. The third-order valence-electron chi connectivity index (χ3n) is 2.16. The highest BCUT2D eigenvalue weighted by Gasteiger charge is 2.09. The number of nitrogens with zero attached hydrogens (tertiary/aromatic N) is 2. The highest BCUT2D eigenvalue weighted by molar-refractivity contribution is 6.83. The molecule has 0 unspecified atom stereocenters. The van der Waals surface area contributed by atoms with Gasteiger partial charge >= 0.3 is 0 Å². The molecule has 2 aromatic heterocycles. The van der Waals surface area contributed by atoms with Crippen molar-refractivity contribution in [1.29, 1.82) is 0 Å². The number of hydrogen-bond acceptors (Lipinski definition) is 3. The lowest BCUT2D eigenvalue weighted by Crippen LogP contribution is -2.16. The topological polar surface area (TPSA) is 51.8 Å². The van der Waals surface area contributed by atoms with E-state index in [1.165, 1.54) is 0 Å². The molecule has 0 fully saturated rings. The summed E-state index contributed by atoms with van der Waals surface area (Å²) >= 11 is 0. The molecule has 0 spiro atoms. The minimum atomic E-state index is -1.41. The van der Waals surface area contributed by atoms with Crippen molar-refractivity contribution in [1.82, 2.24) is 9.97 Å². The maximum absolute atomic E-state index is 5.77. The van der Waals surface area contributed by atoms with E-state index >= 15 is 0 Å². The summed E-state index contributed by atoms with van der Waals surface area (Å²) in [4.78, 5) is 8.59. The van der Waals surface area contributed by atoms with Crippen molar-refractivity contribution in [3.8, 4) is 11.5 Å². The van der Waals surface area contributed by atoms with E-state index in [0.29, 0.717) is 11.5 Å². The summed E-state index contributed by atoms with van der Waals surface area (Å²) in [7, 11) is -1.41. The average molecular weight is 241 g/mol. The average Bonchev–Trinajstić information content (AvgIpc) is 2.24. The molecule has 0 radical (unpaired) electrons. The summed E-state index contributed by atoms with van der Waals surface area (Å²) in [6, 6.07) is 5.68. The van der Waals surface area contributed by atoms with Gasteiger partial charge in [-0.15, -0.1) is 5.54 Å². The quantitative estimate of drug-likeness (QED) is 0.569. The molecule has 0 aliphatic heterocycles. The molecule has 17 heavy (non-hydrogen) atoms. The third-order valence-corrected chi connectivity index (χ3v) is 3.04. The molecule has 0 amide bonds. The maximum Gasteiger partial charge on any atom is 0.141 e. The normalized spacial score (nSPS) is 11.0. The number of fused-ring (bicyclic) bond motifs is 1. The van der Waals surface area contributed by atoms with E-state index < -0.39 is 8.07 Å². The molecule has 0 saturated heterocycles. The van der Waals surface area contributed by atoms with E-state index in [9.17, 15) is 0 Å². The van der Waals surface area contributed by atoms with Crippen molar-refractivity contribution in [3.63, 3.8) is 0 Å². The molecule has 2 heterocycles. The van der Waals surface area contributed by atoms with Crippen LogP contribution in [0.1, 0.15) is 5.69 Å². The van der Waals surface area contributed by atoms with Crippen molar-refractivity contribution < 1.29 is 0 Å². The molecule has 2 N–H and O–H groups in total. The Hall–Kier alpha value is -1.86. The van der Waals surface area contributed by atoms with Crippen LogP contribution in [0.15, 0.2) is 24.4 Å². The molecule has 2 rings (SSSR count). The second-order valence-corrected chi connectivity index (χ2v) is 9.72. The minimum Gasteiger partial charge on any atom is -0.384 e. The number of pyridine rings is 2. The van der Waals surface area contributed by atoms with E-state index in [-0.39, 0.29) is 0 Å². The largest absolute Gasteiger partial charge is 0.384 e. The summed E-state index contributed by atoms with van der Waals surface area (Å²) in [6.45, 7) is 6.59. The Bertz CT molecular complexity index is 618. The van der Waals surface area contributed by atoms with Gasteiger partial charge in [0.1, 0.15) is 25.1 Å². The highest BCUT2D eigenvalue weighted by atomic mass is 28.3. The zero-order valence-electron chi connectivity index (χ0n) is 10.3. The SMILES string of the molecule is C[Si](C)(C)C#Cc1nc(N)cc2cccnc12. The van der Waals surface area contributed by atoms with Gasteiger partial charge in [-0.05, 0) is 12.1 Å². The predicted octanol–water partition coefficient (Wildman–Crippen LogP) is 2.44. The van der Waals surface area contributed by atoms with Crippen LogP contribution in [-0.2, 0) is 0 Å². The van der Waals surface area contributed by atoms with Crippen LogP contribution in [0.2, 0.25) is 19.6 Å². The van der Waals surface area contributed by atoms with Crippen molar-refractivity contribution in [2.24, 2.45) is 0 Å². The molecule has 86 valence electrons. The van der Waals surface area contributed by atoms with Gasteiger partial charge in [0, 0.05) is 11.6 Å². The molecule has 0 bridgehead atoms. The molecule has 0 atom stereocenters. The number of hydrogen-bond donors (Lipinski definition) is 1. The van der Waals surface area contributed by atoms with Crippen LogP contribution in [0.5, 0.6) is 0 Å². The van der Waals surface area contributed by atoms with E-state index in [2.05, 4.69) is 41.1 Å². The first-order valence-corrected chi connectivity index (χ1v) is 9.00. The molecule has 0 aliphatic carbocycles. The van der Waals surface area contributed by atoms with E-state index in [4.69, 9.17) is 5.73 Å². The molecule has 4 heteroatoms. The van der Waals surface area contributed by atoms with Crippen molar-refractivity contribution >= 4 is 24.8 Å². The van der Waals surface area contributed by atoms with Gasteiger partial charge in [0.05, 0.1) is 0 Å². The second-order valence-electron chi connectivity index (χ2n) is 4.97. The zero-order chi connectivity index (χ0) is 12.5. The van der Waals surface area contributed by atoms with Crippen molar-refractivity contribution in [3.05, 3.63) is 30.1 Å². The molecule has 0 saturated carbocycles. The summed E-state index contributed by atoms with van der Waals surface area (Å²) in [6.07, 6.45) is 1.75. The van der Waals surface area contributed by atoms with Crippen LogP contribution in [0, 0.1) is 11.5 Å². The maximum atomic E-state index is 5.77. The van der Waals surface area contributed by atoms with Crippen LogP contribution in [0.25, 0.3) is 10.9 Å². The summed E-state index contributed by atoms with van der Waals surface area (Å²) < 4.78 is 0. The standard InChI is InChI=1S/C13H15N3Si/c1-17(2,3)8-6-11-13-10(5-4-7-15-13)9-12(14)16-11/h4-5,7,9H,1-3H3,(H2,14,16). The molecular formula is C13H15N3Si. The number of rotatable bonds is 0. The third kappa shape index (κ3) is 2.83. The zero-order valence-corrected chi connectivity index (χ0v) is 11.3. The second kappa shape index (κ2) is 4.19. The van der Waals surface area contributed by atoms with Crippen LogP contribution >= 0.6 is 0 Å².